The Morgan fingerprint density at radius 2 is 0.913 bits per heavy atom. The first-order valence-corrected chi connectivity index (χ1v) is 13.5. The molecule has 0 aromatic heterocycles. The van der Waals surface area contributed by atoms with Crippen LogP contribution in [-0.4, -0.2) is 18.4 Å². The van der Waals surface area contributed by atoms with Gasteiger partial charge < -0.3 is 0 Å². The van der Waals surface area contributed by atoms with Crippen molar-refractivity contribution in [2.75, 3.05) is 0 Å². The van der Waals surface area contributed by atoms with Gasteiger partial charge in [0.2, 0.25) is 0 Å². The van der Waals surface area contributed by atoms with E-state index in [-0.39, 0.29) is 0 Å². The zero-order valence-corrected chi connectivity index (χ0v) is 16.0. The molecule has 23 heavy (non-hydrogen) atoms. The van der Waals surface area contributed by atoms with Crippen molar-refractivity contribution < 1.29 is 0 Å². The van der Waals surface area contributed by atoms with Crippen molar-refractivity contribution in [3.63, 3.8) is 0 Å². The third-order valence-electron chi connectivity index (χ3n) is 4.35. The van der Waals surface area contributed by atoms with E-state index in [1.54, 1.807) is 0 Å². The molecule has 0 heterocycles. The van der Waals surface area contributed by atoms with Crippen LogP contribution in [0.1, 0.15) is 0 Å². The van der Waals surface area contributed by atoms with Gasteiger partial charge in [-0.05, 0) is 0 Å². The number of rotatable bonds is 5. The number of allylic oxidation sites excluding steroid dienone is 2. The Balaban J connectivity index is 2.40. The topological polar surface area (TPSA) is 0 Å². The molecule has 0 spiro atoms. The predicted molar refractivity (Wildman–Crippen MR) is 103 cm³/mol. The zero-order valence-electron chi connectivity index (χ0n) is 13.2. The van der Waals surface area contributed by atoms with Crippen molar-refractivity contribution in [1.82, 2.24) is 0 Å². The van der Waals surface area contributed by atoms with Crippen LogP contribution < -0.4 is 10.7 Å². The van der Waals surface area contributed by atoms with E-state index in [0.29, 0.717) is 0 Å². The molecule has 0 N–H and O–H groups in total. The predicted octanol–water partition coefficient (Wildman–Crippen LogP) is 3.44. The molecular weight excluding hydrogens is 383 g/mol. The fourth-order valence-corrected chi connectivity index (χ4v) is 16.1. The summed E-state index contributed by atoms with van der Waals surface area (Å²) in [4.78, 5) is 0. The summed E-state index contributed by atoms with van der Waals surface area (Å²) in [6.45, 7) is 8.51. The van der Waals surface area contributed by atoms with E-state index < -0.39 is 18.4 Å². The van der Waals surface area contributed by atoms with Crippen LogP contribution >= 0.6 is 0 Å². The van der Waals surface area contributed by atoms with E-state index in [2.05, 4.69) is 104 Å². The second-order valence-electron chi connectivity index (χ2n) is 5.58. The second-order valence-corrected chi connectivity index (χ2v) is 16.6. The minimum absolute atomic E-state index is 1.18. The fourth-order valence-electron chi connectivity index (χ4n) is 3.27. The molecule has 0 atom stereocenters. The Kier molecular flexibility index (Phi) is 4.82. The van der Waals surface area contributed by atoms with Gasteiger partial charge in [0.25, 0.3) is 0 Å². The number of benzene rings is 3. The van der Waals surface area contributed by atoms with Gasteiger partial charge in [-0.2, -0.15) is 0 Å². The summed E-state index contributed by atoms with van der Waals surface area (Å²) in [5.74, 6) is 0. The van der Waals surface area contributed by atoms with Gasteiger partial charge in [-0.15, -0.1) is 0 Å². The Bertz CT molecular complexity index is 692. The maximum absolute atomic E-state index is 4.45. The number of hydrogen-bond acceptors (Lipinski definition) is 0. The molecule has 0 nitrogen and oxygen atoms in total. The molecule has 3 aromatic rings. The molecule has 0 aliphatic heterocycles. The summed E-state index contributed by atoms with van der Waals surface area (Å²) >= 11 is -3.32. The molecule has 1 heteroatoms. The number of hydrogen-bond donors (Lipinski definition) is 0. The van der Waals surface area contributed by atoms with Gasteiger partial charge in [0.05, 0.1) is 0 Å². The van der Waals surface area contributed by atoms with Crippen LogP contribution in [0, 0.1) is 0 Å². The molecule has 0 radical (unpaired) electrons. The van der Waals surface area contributed by atoms with Gasteiger partial charge in [-0.3, -0.25) is 0 Å². The van der Waals surface area contributed by atoms with Crippen molar-refractivity contribution >= 4 is 29.1 Å². The van der Waals surface area contributed by atoms with Crippen LogP contribution in [-0.2, 0) is 0 Å². The van der Waals surface area contributed by atoms with Crippen molar-refractivity contribution in [3.8, 4) is 0 Å². The molecule has 3 rings (SSSR count). The Labute approximate surface area is 142 Å². The average Bonchev–Trinajstić information content (AvgIpc) is 2.65. The maximum atomic E-state index is 4.45. The van der Waals surface area contributed by atoms with E-state index in [4.69, 9.17) is 0 Å². The van der Waals surface area contributed by atoms with Gasteiger partial charge in [-0.1, -0.05) is 0 Å². The molecule has 0 saturated heterocycles. The third kappa shape index (κ3) is 2.79. The minimum atomic E-state index is -3.32. The summed E-state index contributed by atoms with van der Waals surface area (Å²) in [5, 5.41) is 0. The molecular formula is C22H20Sn. The third-order valence-corrected chi connectivity index (χ3v) is 17.9. The molecule has 0 bridgehead atoms. The van der Waals surface area contributed by atoms with Crippen LogP contribution in [0.5, 0.6) is 0 Å². The molecule has 0 fully saturated rings. The van der Waals surface area contributed by atoms with Crippen LogP contribution in [0.4, 0.5) is 0 Å². The van der Waals surface area contributed by atoms with E-state index in [1.165, 1.54) is 14.3 Å². The molecule has 0 amide bonds. The first kappa shape index (κ1) is 15.8. The van der Waals surface area contributed by atoms with E-state index in [1.807, 2.05) is 6.08 Å². The normalized spacial score (nSPS) is 11.0. The van der Waals surface area contributed by atoms with Gasteiger partial charge in [0.1, 0.15) is 0 Å². The second kappa shape index (κ2) is 7.01. The van der Waals surface area contributed by atoms with Crippen LogP contribution in [0.2, 0.25) is 0 Å². The van der Waals surface area contributed by atoms with Crippen LogP contribution in [0.15, 0.2) is 114 Å². The van der Waals surface area contributed by atoms with Gasteiger partial charge in [0, 0.05) is 0 Å². The van der Waals surface area contributed by atoms with Gasteiger partial charge in [0.15, 0.2) is 0 Å². The monoisotopic (exact) mass is 404 g/mol. The molecule has 112 valence electrons. The summed E-state index contributed by atoms with van der Waals surface area (Å²) in [5.41, 5.74) is 0. The van der Waals surface area contributed by atoms with Crippen molar-refractivity contribution in [3.05, 3.63) is 114 Å². The van der Waals surface area contributed by atoms with Crippen LogP contribution in [0.25, 0.3) is 0 Å². The first-order chi connectivity index (χ1) is 11.3. The van der Waals surface area contributed by atoms with Crippen molar-refractivity contribution in [2.24, 2.45) is 0 Å². The summed E-state index contributed by atoms with van der Waals surface area (Å²) in [6, 6.07) is 32.5. The Morgan fingerprint density at radius 1 is 0.609 bits per heavy atom. The molecule has 0 aliphatic rings. The van der Waals surface area contributed by atoms with E-state index in [0.717, 1.165) is 0 Å². The summed E-state index contributed by atoms with van der Waals surface area (Å²) in [6.07, 6.45) is 1.96. The van der Waals surface area contributed by atoms with Gasteiger partial charge >= 0.3 is 143 Å². The zero-order chi connectivity index (χ0) is 16.1. The molecule has 0 saturated carbocycles. The Hall–Kier alpha value is -2.06. The standard InChI is InChI=1S/3C6H5.C4H5.Sn/c3*1-2-4-6-5-3-1;1-3-4-2;/h3*1-5H;3H,1-2H2;. The SMILES string of the molecule is C=C[C](=C)[Sn]([c]1ccccc1)([c]1ccccc1)[c]1ccccc1. The fraction of sp³-hybridized carbons (Fsp3) is 0. The van der Waals surface area contributed by atoms with Gasteiger partial charge in [-0.25, -0.2) is 0 Å². The van der Waals surface area contributed by atoms with Crippen molar-refractivity contribution in [2.45, 2.75) is 0 Å². The summed E-state index contributed by atoms with van der Waals surface area (Å²) < 4.78 is 5.40. The van der Waals surface area contributed by atoms with E-state index in [9.17, 15) is 0 Å². The van der Waals surface area contributed by atoms with Crippen LogP contribution in [0.3, 0.4) is 0 Å². The van der Waals surface area contributed by atoms with E-state index >= 15 is 0 Å². The quantitative estimate of drug-likeness (QED) is 0.453. The average molecular weight is 403 g/mol. The molecule has 0 unspecified atom stereocenters. The molecule has 0 aliphatic carbocycles. The first-order valence-electron chi connectivity index (χ1n) is 7.78. The summed E-state index contributed by atoms with van der Waals surface area (Å²) in [7, 11) is 0. The Morgan fingerprint density at radius 3 is 1.17 bits per heavy atom. The molecule has 3 aromatic carbocycles. The van der Waals surface area contributed by atoms with Crippen molar-refractivity contribution in [1.29, 1.82) is 0 Å².